The first-order chi connectivity index (χ1) is 20.5. The molecule has 0 aliphatic heterocycles. The molecule has 0 bridgehead atoms. The van der Waals surface area contributed by atoms with Crippen LogP contribution in [0.2, 0.25) is 0 Å². The van der Waals surface area contributed by atoms with Crippen LogP contribution in [-0.4, -0.2) is 49.2 Å². The second kappa shape index (κ2) is 12.0. The first-order valence-corrected chi connectivity index (χ1v) is 14.7. The van der Waals surface area contributed by atoms with Gasteiger partial charge in [0.2, 0.25) is 11.8 Å². The molecule has 43 heavy (non-hydrogen) atoms. The Balaban J connectivity index is 0.000000314. The van der Waals surface area contributed by atoms with Gasteiger partial charge in [-0.1, -0.05) is 24.3 Å². The average molecular weight is 604 g/mol. The number of fused-ring (bicyclic) bond motifs is 1. The SMILES string of the molecule is Cc1cc(C(=O)Nc2cc(Oc3ccc4nc(NC(=O)C5CC5)cn4n3)ccc2C)n(C)n1.O=S(=O)(O)c1ccccc1. The molecule has 0 unspecified atom stereocenters. The molecule has 3 heterocycles. The van der Waals surface area contributed by atoms with Crippen LogP contribution in [0, 0.1) is 19.8 Å². The summed E-state index contributed by atoms with van der Waals surface area (Å²) in [5.41, 5.74) is 3.35. The summed E-state index contributed by atoms with van der Waals surface area (Å²) in [7, 11) is -2.27. The maximum absolute atomic E-state index is 12.7. The summed E-state index contributed by atoms with van der Waals surface area (Å²) in [6.07, 6.45) is 3.51. The van der Waals surface area contributed by atoms with E-state index >= 15 is 0 Å². The van der Waals surface area contributed by atoms with E-state index in [1.54, 1.807) is 71.0 Å². The highest BCUT2D eigenvalue weighted by molar-refractivity contribution is 7.85. The summed E-state index contributed by atoms with van der Waals surface area (Å²) in [6, 6.07) is 18.0. The zero-order valence-corrected chi connectivity index (χ0v) is 24.4. The van der Waals surface area contributed by atoms with Crippen molar-refractivity contribution >= 4 is 39.1 Å². The fraction of sp³-hybridized carbons (Fsp3) is 0.207. The lowest BCUT2D eigenvalue weighted by Gasteiger charge is -2.11. The highest BCUT2D eigenvalue weighted by Gasteiger charge is 2.30. The topological polar surface area (TPSA) is 170 Å². The number of hydrogen-bond donors (Lipinski definition) is 3. The molecule has 3 aromatic heterocycles. The van der Waals surface area contributed by atoms with Crippen LogP contribution in [0.15, 0.2) is 77.8 Å². The molecule has 1 aliphatic carbocycles. The number of aromatic nitrogens is 5. The maximum atomic E-state index is 12.7. The number of ether oxygens (including phenoxy) is 1. The molecule has 2 aromatic carbocycles. The Labute approximate surface area is 247 Å². The van der Waals surface area contributed by atoms with Gasteiger partial charge in [-0.05, 0) is 62.6 Å². The average Bonchev–Trinajstić information content (AvgIpc) is 3.66. The van der Waals surface area contributed by atoms with Crippen LogP contribution in [0.25, 0.3) is 5.65 Å². The third-order valence-electron chi connectivity index (χ3n) is 6.45. The fourth-order valence-electron chi connectivity index (χ4n) is 4.07. The number of nitrogens with one attached hydrogen (secondary N) is 2. The van der Waals surface area contributed by atoms with E-state index in [1.165, 1.54) is 12.1 Å². The Kier molecular flexibility index (Phi) is 8.23. The van der Waals surface area contributed by atoms with Gasteiger partial charge in [0, 0.05) is 30.8 Å². The Hall–Kier alpha value is -5.08. The van der Waals surface area contributed by atoms with Crippen molar-refractivity contribution in [1.29, 1.82) is 0 Å². The number of carbonyl (C=O) groups excluding carboxylic acids is 2. The number of benzene rings is 2. The molecule has 222 valence electrons. The van der Waals surface area contributed by atoms with Crippen molar-refractivity contribution in [3.05, 3.63) is 89.9 Å². The Bertz CT molecular complexity index is 1910. The molecule has 1 saturated carbocycles. The van der Waals surface area contributed by atoms with E-state index in [0.717, 1.165) is 24.1 Å². The second-order valence-electron chi connectivity index (χ2n) is 9.98. The van der Waals surface area contributed by atoms with Crippen LogP contribution in [0.5, 0.6) is 11.6 Å². The van der Waals surface area contributed by atoms with Crippen molar-refractivity contribution in [3.8, 4) is 11.6 Å². The van der Waals surface area contributed by atoms with Gasteiger partial charge in [0.25, 0.3) is 16.0 Å². The number of imidazole rings is 1. The van der Waals surface area contributed by atoms with Crippen LogP contribution >= 0.6 is 0 Å². The molecular formula is C29H29N7O6S. The second-order valence-corrected chi connectivity index (χ2v) is 11.4. The standard InChI is InChI=1S/C23H23N7O3.C6H6O3S/c1-13-4-7-16(11-17(13)24-23(32)18-10-14(2)27-29(18)3)33-21-9-8-20-25-19(12-30(20)28-21)26-22(31)15-5-6-15;7-10(8,9)6-4-2-1-3-5-6/h4,7-12,15H,5-6H2,1-3H3,(H,24,32)(H,26,31);1-5H,(H,7,8,9). The summed E-state index contributed by atoms with van der Waals surface area (Å²) in [4.78, 5) is 28.9. The number of amides is 2. The molecule has 0 radical (unpaired) electrons. The van der Waals surface area contributed by atoms with Gasteiger partial charge < -0.3 is 15.4 Å². The molecule has 13 nitrogen and oxygen atoms in total. The van der Waals surface area contributed by atoms with Crippen molar-refractivity contribution in [1.82, 2.24) is 24.4 Å². The van der Waals surface area contributed by atoms with Crippen LogP contribution < -0.4 is 15.4 Å². The van der Waals surface area contributed by atoms with Gasteiger partial charge in [-0.2, -0.15) is 13.5 Å². The zero-order valence-electron chi connectivity index (χ0n) is 23.6. The van der Waals surface area contributed by atoms with Crippen LogP contribution in [0.4, 0.5) is 11.5 Å². The monoisotopic (exact) mass is 603 g/mol. The zero-order chi connectivity index (χ0) is 30.7. The smallest absolute Gasteiger partial charge is 0.294 e. The third kappa shape index (κ3) is 7.42. The largest absolute Gasteiger partial charge is 0.438 e. The van der Waals surface area contributed by atoms with E-state index < -0.39 is 10.1 Å². The summed E-state index contributed by atoms with van der Waals surface area (Å²) >= 11 is 0. The van der Waals surface area contributed by atoms with Crippen molar-refractivity contribution in [2.75, 3.05) is 10.6 Å². The highest BCUT2D eigenvalue weighted by atomic mass is 32.2. The minimum absolute atomic E-state index is 0.00889. The lowest BCUT2D eigenvalue weighted by Crippen LogP contribution is -2.16. The van der Waals surface area contributed by atoms with Gasteiger partial charge in [-0.15, -0.1) is 5.10 Å². The number of rotatable bonds is 7. The number of carbonyl (C=O) groups is 2. The van der Waals surface area contributed by atoms with E-state index in [1.807, 2.05) is 19.9 Å². The number of anilines is 2. The van der Waals surface area contributed by atoms with Crippen molar-refractivity contribution in [2.24, 2.45) is 13.0 Å². The molecule has 0 atom stereocenters. The van der Waals surface area contributed by atoms with Crippen molar-refractivity contribution in [3.63, 3.8) is 0 Å². The van der Waals surface area contributed by atoms with Gasteiger partial charge in [0.1, 0.15) is 11.4 Å². The first kappa shape index (κ1) is 29.4. The van der Waals surface area contributed by atoms with Crippen molar-refractivity contribution in [2.45, 2.75) is 31.6 Å². The summed E-state index contributed by atoms with van der Waals surface area (Å²) < 4.78 is 38.3. The quantitative estimate of drug-likeness (QED) is 0.228. The number of aryl methyl sites for hydroxylation is 3. The molecule has 1 fully saturated rings. The lowest BCUT2D eigenvalue weighted by molar-refractivity contribution is -0.117. The fourth-order valence-corrected chi connectivity index (χ4v) is 4.58. The molecule has 6 rings (SSSR count). The van der Waals surface area contributed by atoms with Crippen LogP contribution in [0.1, 0.15) is 34.6 Å². The molecule has 5 aromatic rings. The summed E-state index contributed by atoms with van der Waals surface area (Å²) in [5, 5.41) is 14.4. The van der Waals surface area contributed by atoms with Crippen LogP contribution in [0.3, 0.4) is 0 Å². The Morgan fingerprint density at radius 1 is 0.977 bits per heavy atom. The van der Waals surface area contributed by atoms with Gasteiger partial charge in [-0.25, -0.2) is 9.50 Å². The Morgan fingerprint density at radius 2 is 1.72 bits per heavy atom. The molecular weight excluding hydrogens is 574 g/mol. The predicted molar refractivity (Wildman–Crippen MR) is 158 cm³/mol. The van der Waals surface area contributed by atoms with E-state index in [4.69, 9.17) is 9.29 Å². The molecule has 3 N–H and O–H groups in total. The van der Waals surface area contributed by atoms with Crippen molar-refractivity contribution < 1.29 is 27.3 Å². The van der Waals surface area contributed by atoms with E-state index in [2.05, 4.69) is 25.8 Å². The minimum Gasteiger partial charge on any atom is -0.438 e. The molecule has 2 amide bonds. The normalized spacial score (nSPS) is 12.7. The maximum Gasteiger partial charge on any atom is 0.294 e. The highest BCUT2D eigenvalue weighted by Crippen LogP contribution is 2.30. The predicted octanol–water partition coefficient (Wildman–Crippen LogP) is 4.41. The van der Waals surface area contributed by atoms with Crippen LogP contribution in [-0.2, 0) is 22.0 Å². The van der Waals surface area contributed by atoms with Gasteiger partial charge in [-0.3, -0.25) is 18.8 Å². The van der Waals surface area contributed by atoms with E-state index in [-0.39, 0.29) is 22.6 Å². The number of hydrogen-bond acceptors (Lipinski definition) is 8. The summed E-state index contributed by atoms with van der Waals surface area (Å²) in [5.74, 6) is 1.17. The Morgan fingerprint density at radius 3 is 2.35 bits per heavy atom. The molecule has 0 spiro atoms. The first-order valence-electron chi connectivity index (χ1n) is 13.3. The molecule has 1 aliphatic rings. The number of nitrogens with zero attached hydrogens (tertiary/aromatic N) is 5. The molecule has 0 saturated heterocycles. The van der Waals surface area contributed by atoms with E-state index in [0.29, 0.717) is 34.5 Å². The third-order valence-corrected chi connectivity index (χ3v) is 7.32. The van der Waals surface area contributed by atoms with Gasteiger partial charge in [0.15, 0.2) is 11.5 Å². The van der Waals surface area contributed by atoms with Gasteiger partial charge >= 0.3 is 0 Å². The summed E-state index contributed by atoms with van der Waals surface area (Å²) in [6.45, 7) is 3.74. The van der Waals surface area contributed by atoms with E-state index in [9.17, 15) is 18.0 Å². The van der Waals surface area contributed by atoms with Gasteiger partial charge in [0.05, 0.1) is 16.8 Å². The lowest BCUT2D eigenvalue weighted by atomic mass is 10.2. The molecule has 14 heteroatoms. The minimum atomic E-state index is -4.00.